The van der Waals surface area contributed by atoms with Gasteiger partial charge in [0.05, 0.1) is 25.2 Å². The zero-order chi connectivity index (χ0) is 22.5. The van der Waals surface area contributed by atoms with Gasteiger partial charge in [-0.15, -0.1) is 0 Å². The summed E-state index contributed by atoms with van der Waals surface area (Å²) in [7, 11) is 1.64. The van der Waals surface area contributed by atoms with Crippen LogP contribution in [0.25, 0.3) is 0 Å². The lowest BCUT2D eigenvalue weighted by Gasteiger charge is -2.48. The van der Waals surface area contributed by atoms with E-state index < -0.39 is 6.10 Å². The topological polar surface area (TPSA) is 49.8 Å². The van der Waals surface area contributed by atoms with Crippen molar-refractivity contribution in [2.45, 2.75) is 44.8 Å². The molecule has 1 saturated heterocycles. The predicted molar refractivity (Wildman–Crippen MR) is 128 cm³/mol. The average molecular weight is 430 g/mol. The van der Waals surface area contributed by atoms with Gasteiger partial charge in [0.15, 0.2) is 0 Å². The Morgan fingerprint density at radius 3 is 2.28 bits per heavy atom. The molecule has 166 valence electrons. The molecular formula is C28H31NO3. The highest BCUT2D eigenvalue weighted by Gasteiger charge is 2.48. The number of nitrogens with zero attached hydrogens (tertiary/aromatic N) is 1. The molecule has 4 heteroatoms. The molecule has 32 heavy (non-hydrogen) atoms. The molecule has 0 aliphatic carbocycles. The van der Waals surface area contributed by atoms with Crippen LogP contribution < -0.4 is 9.64 Å². The molecule has 0 aromatic heterocycles. The van der Waals surface area contributed by atoms with E-state index in [1.165, 1.54) is 5.56 Å². The number of hydrogen-bond donors (Lipinski definition) is 1. The molecule has 0 saturated carbocycles. The summed E-state index contributed by atoms with van der Waals surface area (Å²) in [5.74, 6) is 0.907. The highest BCUT2D eigenvalue weighted by Crippen LogP contribution is 2.46. The first-order chi connectivity index (χ1) is 15.6. The molecular weight excluding hydrogens is 398 g/mol. The fourth-order valence-corrected chi connectivity index (χ4v) is 4.56. The third kappa shape index (κ3) is 4.56. The zero-order valence-electron chi connectivity index (χ0n) is 18.8. The highest BCUT2D eigenvalue weighted by molar-refractivity contribution is 6.03. The van der Waals surface area contributed by atoms with E-state index in [-0.39, 0.29) is 17.9 Å². The monoisotopic (exact) mass is 429 g/mol. The van der Waals surface area contributed by atoms with Gasteiger partial charge >= 0.3 is 0 Å². The largest absolute Gasteiger partial charge is 0.497 e. The fourth-order valence-electron chi connectivity index (χ4n) is 4.56. The number of rotatable bonds is 9. The number of ether oxygens (including phenoxy) is 1. The van der Waals surface area contributed by atoms with Crippen LogP contribution in [0, 0.1) is 5.92 Å². The van der Waals surface area contributed by atoms with Crippen LogP contribution in [0.3, 0.4) is 0 Å². The summed E-state index contributed by atoms with van der Waals surface area (Å²) in [5, 5.41) is 10.2. The van der Waals surface area contributed by atoms with E-state index in [0.717, 1.165) is 41.8 Å². The van der Waals surface area contributed by atoms with Crippen molar-refractivity contribution < 1.29 is 14.6 Å². The maximum Gasteiger partial charge on any atom is 0.233 e. The summed E-state index contributed by atoms with van der Waals surface area (Å²) in [6.45, 7) is 1.97. The van der Waals surface area contributed by atoms with Crippen molar-refractivity contribution in [3.05, 3.63) is 95.6 Å². The predicted octanol–water partition coefficient (Wildman–Crippen LogP) is 5.87. The van der Waals surface area contributed by atoms with E-state index in [2.05, 4.69) is 36.4 Å². The van der Waals surface area contributed by atoms with Gasteiger partial charge in [-0.25, -0.2) is 0 Å². The van der Waals surface area contributed by atoms with Crippen LogP contribution in [0.2, 0.25) is 0 Å². The number of aryl methyl sites for hydroxylation is 1. The summed E-state index contributed by atoms with van der Waals surface area (Å²) >= 11 is 0. The first-order valence-corrected chi connectivity index (χ1v) is 11.4. The molecule has 0 radical (unpaired) electrons. The van der Waals surface area contributed by atoms with Gasteiger partial charge in [0, 0.05) is 5.69 Å². The molecule has 3 atom stereocenters. The van der Waals surface area contributed by atoms with Gasteiger partial charge in [-0.05, 0) is 66.6 Å². The zero-order valence-corrected chi connectivity index (χ0v) is 18.8. The Hall–Kier alpha value is -3.11. The number of β-lactam (4-membered cyclic amide) rings is 1. The lowest BCUT2D eigenvalue weighted by molar-refractivity contribution is -0.130. The smallest absolute Gasteiger partial charge is 0.233 e. The Morgan fingerprint density at radius 2 is 1.66 bits per heavy atom. The Balaban J connectivity index is 1.55. The van der Waals surface area contributed by atoms with Crippen LogP contribution >= 0.6 is 0 Å². The van der Waals surface area contributed by atoms with Gasteiger partial charge in [-0.2, -0.15) is 0 Å². The van der Waals surface area contributed by atoms with Gasteiger partial charge < -0.3 is 14.7 Å². The maximum atomic E-state index is 13.2. The molecule has 1 aliphatic rings. The van der Waals surface area contributed by atoms with Crippen LogP contribution in [0.5, 0.6) is 5.75 Å². The first-order valence-electron chi connectivity index (χ1n) is 11.4. The molecule has 1 unspecified atom stereocenters. The van der Waals surface area contributed by atoms with Gasteiger partial charge in [0.2, 0.25) is 5.91 Å². The number of amides is 1. The van der Waals surface area contributed by atoms with Crippen molar-refractivity contribution in [1.82, 2.24) is 0 Å². The minimum absolute atomic E-state index is 0.000474. The minimum atomic E-state index is -0.452. The molecule has 0 spiro atoms. The van der Waals surface area contributed by atoms with Gasteiger partial charge in [-0.1, -0.05) is 61.5 Å². The number of hydrogen-bond acceptors (Lipinski definition) is 3. The van der Waals surface area contributed by atoms with Crippen LogP contribution in [-0.4, -0.2) is 18.1 Å². The molecule has 1 N–H and O–H groups in total. The molecule has 1 heterocycles. The molecule has 0 bridgehead atoms. The molecule has 3 aromatic carbocycles. The van der Waals surface area contributed by atoms with Crippen molar-refractivity contribution in [2.75, 3.05) is 12.0 Å². The first kappa shape index (κ1) is 22.1. The van der Waals surface area contributed by atoms with Crippen LogP contribution in [0.1, 0.15) is 55.0 Å². The van der Waals surface area contributed by atoms with E-state index in [9.17, 15) is 9.90 Å². The van der Waals surface area contributed by atoms with Crippen molar-refractivity contribution in [2.24, 2.45) is 5.92 Å². The summed E-state index contributed by atoms with van der Waals surface area (Å²) in [4.78, 5) is 15.1. The summed E-state index contributed by atoms with van der Waals surface area (Å²) in [5.41, 5.74) is 4.22. The number of carbonyl (C=O) groups excluding carboxylic acids is 1. The summed E-state index contributed by atoms with van der Waals surface area (Å²) in [6.07, 6.45) is 3.03. The van der Waals surface area contributed by atoms with Crippen molar-refractivity contribution >= 4 is 11.6 Å². The lowest BCUT2D eigenvalue weighted by Crippen LogP contribution is -2.55. The van der Waals surface area contributed by atoms with E-state index in [1.54, 1.807) is 7.11 Å². The van der Waals surface area contributed by atoms with Crippen molar-refractivity contribution in [3.8, 4) is 5.75 Å². The number of benzene rings is 3. The number of aliphatic hydroxyl groups excluding tert-OH is 1. The van der Waals surface area contributed by atoms with Crippen LogP contribution in [-0.2, 0) is 11.2 Å². The summed E-state index contributed by atoms with van der Waals surface area (Å²) in [6, 6.07) is 26.2. The van der Waals surface area contributed by atoms with E-state index in [4.69, 9.17) is 4.74 Å². The average Bonchev–Trinajstić information content (AvgIpc) is 2.85. The van der Waals surface area contributed by atoms with Gasteiger partial charge in [-0.3, -0.25) is 4.79 Å². The number of aliphatic hydroxyl groups is 1. The normalized spacial score (nSPS) is 18.8. The lowest BCUT2D eigenvalue weighted by atomic mass is 9.78. The summed E-state index contributed by atoms with van der Waals surface area (Å²) < 4.78 is 5.27. The van der Waals surface area contributed by atoms with E-state index in [0.29, 0.717) is 6.42 Å². The number of carbonyl (C=O) groups is 1. The third-order valence-corrected chi connectivity index (χ3v) is 6.44. The van der Waals surface area contributed by atoms with Gasteiger partial charge in [0.25, 0.3) is 0 Å². The number of anilines is 1. The van der Waals surface area contributed by atoms with E-state index >= 15 is 0 Å². The second kappa shape index (κ2) is 10.0. The van der Waals surface area contributed by atoms with Gasteiger partial charge in [0.1, 0.15) is 5.75 Å². The third-order valence-electron chi connectivity index (χ3n) is 6.44. The molecule has 4 rings (SSSR count). The second-order valence-electron chi connectivity index (χ2n) is 8.43. The Morgan fingerprint density at radius 1 is 0.969 bits per heavy atom. The van der Waals surface area contributed by atoms with E-state index in [1.807, 2.05) is 54.3 Å². The SMILES string of the molecule is CCC(O)c1ccc([C@@H]2[C@@H](CCCc3ccccc3)C(=O)N2c2ccc(OC)cc2)cc1. The highest BCUT2D eigenvalue weighted by atomic mass is 16.5. The Bertz CT molecular complexity index is 1010. The molecule has 1 aliphatic heterocycles. The standard InChI is InChI=1S/C28H31NO3/c1-3-26(30)21-12-14-22(15-13-21)27-25(11-7-10-20-8-5-4-6-9-20)28(31)29(27)23-16-18-24(32-2)19-17-23/h4-6,8-9,12-19,25-27,30H,3,7,10-11H2,1-2H3/t25-,26?,27-/m1/s1. The molecule has 1 amide bonds. The molecule has 1 fully saturated rings. The molecule has 4 nitrogen and oxygen atoms in total. The fraction of sp³-hybridized carbons (Fsp3) is 0.321. The van der Waals surface area contributed by atoms with Crippen molar-refractivity contribution in [3.63, 3.8) is 0 Å². The van der Waals surface area contributed by atoms with Crippen LogP contribution in [0.4, 0.5) is 5.69 Å². The minimum Gasteiger partial charge on any atom is -0.497 e. The Kier molecular flexibility index (Phi) is 6.91. The Labute approximate surface area is 190 Å². The number of methoxy groups -OCH3 is 1. The second-order valence-corrected chi connectivity index (χ2v) is 8.43. The van der Waals surface area contributed by atoms with Crippen molar-refractivity contribution in [1.29, 1.82) is 0 Å². The quantitative estimate of drug-likeness (QED) is 0.433. The van der Waals surface area contributed by atoms with Crippen LogP contribution in [0.15, 0.2) is 78.9 Å². The maximum absolute atomic E-state index is 13.2. The molecule has 3 aromatic rings.